The fraction of sp³-hybridized carbons (Fsp3) is 0.765. The summed E-state index contributed by atoms with van der Waals surface area (Å²) in [6.07, 6.45) is 4.60. The maximum Gasteiger partial charge on any atom is 0.144 e. The molecule has 0 aromatic carbocycles. The number of nitrogens with one attached hydrogen (secondary N) is 1. The van der Waals surface area contributed by atoms with E-state index in [0.717, 1.165) is 0 Å². The molecule has 0 radical (unpaired) electrons. The van der Waals surface area contributed by atoms with E-state index in [2.05, 4.69) is 97.1 Å². The molecule has 0 rings (SSSR count). The lowest BCUT2D eigenvalue weighted by Crippen LogP contribution is -2.43. The van der Waals surface area contributed by atoms with Gasteiger partial charge in [0.25, 0.3) is 0 Å². The highest BCUT2D eigenvalue weighted by molar-refractivity contribution is 6.84. The maximum absolute atomic E-state index is 3.79. The summed E-state index contributed by atoms with van der Waals surface area (Å²) < 4.78 is 0. The average molecular weight is 312 g/mol. The van der Waals surface area contributed by atoms with E-state index in [0.29, 0.717) is 5.04 Å². The Morgan fingerprint density at radius 2 is 1.30 bits per heavy atom. The molecule has 1 N–H and O–H groups in total. The molecule has 0 saturated carbocycles. The van der Waals surface area contributed by atoms with E-state index in [1.165, 1.54) is 5.70 Å². The van der Waals surface area contributed by atoms with Crippen LogP contribution in [0, 0.1) is 5.41 Å². The summed E-state index contributed by atoms with van der Waals surface area (Å²) in [6, 6.07) is 0. The molecule has 1 nitrogen and oxygen atoms in total. The van der Waals surface area contributed by atoms with Crippen molar-refractivity contribution >= 4 is 16.3 Å². The molecule has 0 saturated heterocycles. The predicted molar refractivity (Wildman–Crippen MR) is 100 cm³/mol. The molecule has 0 aliphatic heterocycles. The largest absolute Gasteiger partial charge is 0.414 e. The van der Waals surface area contributed by atoms with Crippen molar-refractivity contribution in [2.75, 3.05) is 0 Å². The van der Waals surface area contributed by atoms with Crippen molar-refractivity contribution in [1.29, 1.82) is 0 Å². The molecule has 0 atom stereocenters. The number of hydrogen-bond acceptors (Lipinski definition) is 1. The van der Waals surface area contributed by atoms with Crippen LogP contribution in [-0.2, 0) is 0 Å². The predicted octanol–water partition coefficient (Wildman–Crippen LogP) is 5.94. The van der Waals surface area contributed by atoms with Crippen LogP contribution in [0.15, 0.2) is 23.5 Å². The Kier molecular flexibility index (Phi) is 6.14. The van der Waals surface area contributed by atoms with Gasteiger partial charge in [0.05, 0.1) is 8.07 Å². The molecule has 118 valence electrons. The summed E-state index contributed by atoms with van der Waals surface area (Å²) in [5.41, 5.74) is 4.02. The topological polar surface area (TPSA) is 12.0 Å². The lowest BCUT2D eigenvalue weighted by molar-refractivity contribution is 0.484. The second-order valence-electron chi connectivity index (χ2n) is 9.54. The molecule has 0 aliphatic carbocycles. The van der Waals surface area contributed by atoms with Gasteiger partial charge in [-0.05, 0) is 11.1 Å². The quantitative estimate of drug-likeness (QED) is 0.500. The minimum atomic E-state index is -1.33. The van der Waals surface area contributed by atoms with Gasteiger partial charge in [0, 0.05) is 11.1 Å². The van der Waals surface area contributed by atoms with Gasteiger partial charge in [0.1, 0.15) is 8.24 Å². The van der Waals surface area contributed by atoms with Crippen molar-refractivity contribution in [2.24, 2.45) is 5.41 Å². The molecule has 0 bridgehead atoms. The van der Waals surface area contributed by atoms with Crippen LogP contribution in [0.5, 0.6) is 0 Å². The van der Waals surface area contributed by atoms with E-state index in [1.54, 1.807) is 0 Å². The monoisotopic (exact) mass is 311 g/mol. The number of allylic oxidation sites excluding steroid dienone is 3. The van der Waals surface area contributed by atoms with Crippen LogP contribution in [0.4, 0.5) is 0 Å². The zero-order valence-corrected chi connectivity index (χ0v) is 17.7. The van der Waals surface area contributed by atoms with Crippen LogP contribution in [0.2, 0.25) is 37.8 Å². The van der Waals surface area contributed by atoms with Crippen LogP contribution >= 0.6 is 0 Å². The summed E-state index contributed by atoms with van der Waals surface area (Å²) in [5.74, 6) is 0. The fourth-order valence-corrected chi connectivity index (χ4v) is 3.86. The first-order valence-electron chi connectivity index (χ1n) is 7.74. The van der Waals surface area contributed by atoms with Crippen molar-refractivity contribution in [3.63, 3.8) is 0 Å². The molecule has 0 heterocycles. The van der Waals surface area contributed by atoms with E-state index >= 15 is 0 Å². The van der Waals surface area contributed by atoms with Gasteiger partial charge >= 0.3 is 0 Å². The molecular weight excluding hydrogens is 274 g/mol. The van der Waals surface area contributed by atoms with Crippen LogP contribution in [0.25, 0.3) is 0 Å². The van der Waals surface area contributed by atoms with Crippen LogP contribution < -0.4 is 4.98 Å². The van der Waals surface area contributed by atoms with Crippen molar-refractivity contribution in [2.45, 2.75) is 79.3 Å². The summed E-state index contributed by atoms with van der Waals surface area (Å²) in [5, 5.41) is 0.408. The molecule has 0 spiro atoms. The van der Waals surface area contributed by atoms with E-state index in [-0.39, 0.29) is 5.41 Å². The second kappa shape index (κ2) is 6.22. The lowest BCUT2D eigenvalue weighted by atomic mass is 9.92. The van der Waals surface area contributed by atoms with Crippen molar-refractivity contribution < 1.29 is 0 Å². The first kappa shape index (κ1) is 19.7. The van der Waals surface area contributed by atoms with Gasteiger partial charge in [-0.2, -0.15) is 0 Å². The normalized spacial score (nSPS) is 15.8. The Bertz CT molecular complexity index is 371. The molecule has 0 unspecified atom stereocenters. The van der Waals surface area contributed by atoms with Crippen LogP contribution in [0.1, 0.15) is 41.5 Å². The van der Waals surface area contributed by atoms with E-state index < -0.39 is 16.3 Å². The number of hydrogen-bond donors (Lipinski definition) is 1. The highest BCUT2D eigenvalue weighted by atomic mass is 28.3. The van der Waals surface area contributed by atoms with Gasteiger partial charge in [0.15, 0.2) is 0 Å². The van der Waals surface area contributed by atoms with Gasteiger partial charge < -0.3 is 4.98 Å². The first-order chi connectivity index (χ1) is 8.56. The van der Waals surface area contributed by atoms with E-state index in [4.69, 9.17) is 0 Å². The summed E-state index contributed by atoms with van der Waals surface area (Å²) in [6.45, 7) is 25.9. The Balaban J connectivity index is 5.25. The second-order valence-corrected chi connectivity index (χ2v) is 19.6. The third-order valence-corrected chi connectivity index (χ3v) is 9.94. The highest BCUT2D eigenvalue weighted by Crippen LogP contribution is 2.36. The molecule has 0 aliphatic rings. The fourth-order valence-electron chi connectivity index (χ4n) is 1.52. The van der Waals surface area contributed by atoms with E-state index in [1.807, 2.05) is 0 Å². The molecule has 0 fully saturated rings. The minimum absolute atomic E-state index is 0.179. The summed E-state index contributed by atoms with van der Waals surface area (Å²) in [7, 11) is -2.63. The SMILES string of the molecule is CC(C)(C)/C(=C\C=C\[Si](C)(C)C(C)(C)C)N[Si](C)(C)C. The van der Waals surface area contributed by atoms with E-state index in [9.17, 15) is 0 Å². The third kappa shape index (κ3) is 6.93. The Labute approximate surface area is 130 Å². The Morgan fingerprint density at radius 1 is 0.850 bits per heavy atom. The first-order valence-corrected chi connectivity index (χ1v) is 14.3. The third-order valence-electron chi connectivity index (χ3n) is 4.03. The standard InChI is InChI=1S/C17H37NSi2/c1-16(2,3)15(18-19(7,8)9)13-12-14-20(10,11)17(4,5)6/h12-14,18H,1-11H3/b14-12+,15-13+. The molecule has 0 aromatic rings. The zero-order valence-electron chi connectivity index (χ0n) is 15.7. The zero-order chi connectivity index (χ0) is 16.4. The molecule has 0 aromatic heterocycles. The molecule has 0 amide bonds. The average Bonchev–Trinajstić information content (AvgIpc) is 2.10. The highest BCUT2D eigenvalue weighted by Gasteiger charge is 2.32. The summed E-state index contributed by atoms with van der Waals surface area (Å²) >= 11 is 0. The molecule has 20 heavy (non-hydrogen) atoms. The van der Waals surface area contributed by atoms with Gasteiger partial charge in [-0.3, -0.25) is 0 Å². The Morgan fingerprint density at radius 3 is 1.60 bits per heavy atom. The van der Waals surface area contributed by atoms with Crippen molar-refractivity contribution in [3.8, 4) is 0 Å². The maximum atomic E-state index is 3.79. The minimum Gasteiger partial charge on any atom is -0.414 e. The molecule has 3 heteroatoms. The number of rotatable bonds is 4. The van der Waals surface area contributed by atoms with Crippen LogP contribution in [0.3, 0.4) is 0 Å². The summed E-state index contributed by atoms with van der Waals surface area (Å²) in [4.78, 5) is 3.79. The smallest absolute Gasteiger partial charge is 0.144 e. The van der Waals surface area contributed by atoms with Crippen molar-refractivity contribution in [1.82, 2.24) is 4.98 Å². The van der Waals surface area contributed by atoms with Crippen molar-refractivity contribution in [3.05, 3.63) is 23.5 Å². The molecular formula is C17H37NSi2. The Hall–Kier alpha value is -0.286. The van der Waals surface area contributed by atoms with Crippen LogP contribution in [-0.4, -0.2) is 16.3 Å². The lowest BCUT2D eigenvalue weighted by Gasteiger charge is -2.34. The van der Waals surface area contributed by atoms with Gasteiger partial charge in [-0.15, -0.1) is 0 Å². The van der Waals surface area contributed by atoms with Gasteiger partial charge in [-0.1, -0.05) is 86.1 Å². The van der Waals surface area contributed by atoms with Gasteiger partial charge in [-0.25, -0.2) is 0 Å². The van der Waals surface area contributed by atoms with Gasteiger partial charge in [0.2, 0.25) is 0 Å².